The van der Waals surface area contributed by atoms with Crippen LogP contribution in [-0.2, 0) is 6.54 Å². The largest absolute Gasteiger partial charge is 0.506 e. The van der Waals surface area contributed by atoms with E-state index >= 15 is 0 Å². The number of phenolic OH excluding ortho intramolecular Hbond substituents is 1. The van der Waals surface area contributed by atoms with E-state index in [0.29, 0.717) is 39.8 Å². The van der Waals surface area contributed by atoms with Crippen molar-refractivity contribution in [2.45, 2.75) is 25.3 Å². The highest BCUT2D eigenvalue weighted by atomic mass is 32.1. The fourth-order valence-corrected chi connectivity index (χ4v) is 5.65. The van der Waals surface area contributed by atoms with E-state index < -0.39 is 0 Å². The molecule has 0 aliphatic heterocycles. The molecule has 8 heteroatoms. The van der Waals surface area contributed by atoms with Crippen molar-refractivity contribution in [2.24, 2.45) is 0 Å². The molecular weight excluding hydrogens is 486 g/mol. The van der Waals surface area contributed by atoms with Crippen LogP contribution < -0.4 is 15.0 Å². The van der Waals surface area contributed by atoms with Crippen LogP contribution in [0.4, 0.5) is 0 Å². The van der Waals surface area contributed by atoms with Gasteiger partial charge in [-0.05, 0) is 66.8 Å². The first-order valence-electron chi connectivity index (χ1n) is 12.1. The lowest BCUT2D eigenvalue weighted by Gasteiger charge is -2.15. The van der Waals surface area contributed by atoms with Crippen molar-refractivity contribution in [3.8, 4) is 28.6 Å². The van der Waals surface area contributed by atoms with Gasteiger partial charge in [0.2, 0.25) is 0 Å². The first-order chi connectivity index (χ1) is 18.1. The highest BCUT2D eigenvalue weighted by molar-refractivity contribution is 7.25. The highest BCUT2D eigenvalue weighted by Gasteiger charge is 2.29. The molecule has 0 saturated heterocycles. The van der Waals surface area contributed by atoms with E-state index in [4.69, 9.17) is 14.5 Å². The molecule has 37 heavy (non-hydrogen) atoms. The number of nitrogens with zero attached hydrogens (tertiary/aromatic N) is 3. The van der Waals surface area contributed by atoms with Crippen molar-refractivity contribution in [1.29, 1.82) is 0 Å². The Morgan fingerprint density at radius 2 is 1.95 bits per heavy atom. The number of methoxy groups -OCH3 is 1. The zero-order chi connectivity index (χ0) is 25.4. The molecule has 1 saturated carbocycles. The quantitative estimate of drug-likeness (QED) is 0.261. The molecule has 0 spiro atoms. The van der Waals surface area contributed by atoms with Gasteiger partial charge in [0, 0.05) is 29.9 Å². The second kappa shape index (κ2) is 9.71. The number of ether oxygens (including phenoxy) is 2. The molecule has 0 radical (unpaired) electrons. The molecule has 1 aliphatic rings. The van der Waals surface area contributed by atoms with Gasteiger partial charge in [-0.25, -0.2) is 4.98 Å². The van der Waals surface area contributed by atoms with Crippen LogP contribution in [-0.4, -0.2) is 33.4 Å². The van der Waals surface area contributed by atoms with E-state index in [1.807, 2.05) is 30.4 Å². The van der Waals surface area contributed by atoms with Crippen LogP contribution in [0, 0.1) is 0 Å². The Morgan fingerprint density at radius 1 is 1.11 bits per heavy atom. The van der Waals surface area contributed by atoms with Gasteiger partial charge in [-0.2, -0.15) is 0 Å². The van der Waals surface area contributed by atoms with Gasteiger partial charge in [-0.15, -0.1) is 11.3 Å². The SMILES string of the molecule is COc1ccc(-c2nc3sc4c(O)cccc4c3c(=O)n2C/C=C/COc2ccncc2)c(C2CC2)c1. The summed E-state index contributed by atoms with van der Waals surface area (Å²) in [5, 5.41) is 11.7. The van der Waals surface area contributed by atoms with Crippen molar-refractivity contribution in [3.05, 3.63) is 89.0 Å². The van der Waals surface area contributed by atoms with E-state index in [-0.39, 0.29) is 11.3 Å². The Balaban J connectivity index is 1.46. The number of phenols is 1. The minimum Gasteiger partial charge on any atom is -0.506 e. The van der Waals surface area contributed by atoms with Crippen molar-refractivity contribution >= 4 is 31.6 Å². The van der Waals surface area contributed by atoms with Crippen LogP contribution in [0.25, 0.3) is 31.7 Å². The molecule has 1 aliphatic carbocycles. The molecule has 1 N–H and O–H groups in total. The summed E-state index contributed by atoms with van der Waals surface area (Å²) in [4.78, 5) is 23.6. The molecule has 2 aromatic carbocycles. The molecule has 7 nitrogen and oxygen atoms in total. The van der Waals surface area contributed by atoms with Crippen LogP contribution in [0.15, 0.2) is 77.9 Å². The van der Waals surface area contributed by atoms with Crippen LogP contribution in [0.2, 0.25) is 0 Å². The van der Waals surface area contributed by atoms with Crippen molar-refractivity contribution in [2.75, 3.05) is 13.7 Å². The van der Waals surface area contributed by atoms with E-state index in [0.717, 1.165) is 40.9 Å². The van der Waals surface area contributed by atoms with Gasteiger partial charge in [-0.3, -0.25) is 14.3 Å². The predicted molar refractivity (Wildman–Crippen MR) is 146 cm³/mol. The third kappa shape index (κ3) is 4.44. The average Bonchev–Trinajstić information content (AvgIpc) is 3.70. The first kappa shape index (κ1) is 23.2. The predicted octanol–water partition coefficient (Wildman–Crippen LogP) is 5.90. The smallest absolute Gasteiger partial charge is 0.263 e. The number of rotatable bonds is 8. The Hall–Kier alpha value is -4.17. The number of fused-ring (bicyclic) bond motifs is 3. The number of hydrogen-bond donors (Lipinski definition) is 1. The van der Waals surface area contributed by atoms with E-state index in [9.17, 15) is 9.90 Å². The van der Waals surface area contributed by atoms with Crippen LogP contribution in [0.3, 0.4) is 0 Å². The van der Waals surface area contributed by atoms with Crippen molar-refractivity contribution < 1.29 is 14.6 Å². The van der Waals surface area contributed by atoms with Crippen LogP contribution in [0.5, 0.6) is 17.2 Å². The fourth-order valence-electron chi connectivity index (χ4n) is 4.57. The Kier molecular flexibility index (Phi) is 6.10. The topological polar surface area (TPSA) is 86.5 Å². The van der Waals surface area contributed by atoms with Crippen molar-refractivity contribution in [1.82, 2.24) is 14.5 Å². The Labute approximate surface area is 217 Å². The lowest BCUT2D eigenvalue weighted by molar-refractivity contribution is 0.362. The second-order valence-corrected chi connectivity index (χ2v) is 9.98. The van der Waals surface area contributed by atoms with Gasteiger partial charge in [0.1, 0.15) is 34.5 Å². The van der Waals surface area contributed by atoms with Gasteiger partial charge < -0.3 is 14.6 Å². The summed E-state index contributed by atoms with van der Waals surface area (Å²) >= 11 is 1.34. The summed E-state index contributed by atoms with van der Waals surface area (Å²) in [5.74, 6) is 2.73. The van der Waals surface area contributed by atoms with Gasteiger partial charge in [0.25, 0.3) is 5.56 Å². The van der Waals surface area contributed by atoms with Gasteiger partial charge in [0.05, 0.1) is 17.2 Å². The minimum absolute atomic E-state index is 0.130. The maximum atomic E-state index is 14.0. The Morgan fingerprint density at radius 3 is 2.73 bits per heavy atom. The average molecular weight is 512 g/mol. The lowest BCUT2D eigenvalue weighted by atomic mass is 10.0. The summed E-state index contributed by atoms with van der Waals surface area (Å²) in [6.07, 6.45) is 9.40. The first-order valence-corrected chi connectivity index (χ1v) is 13.0. The van der Waals surface area contributed by atoms with Crippen LogP contribution in [0.1, 0.15) is 24.3 Å². The number of aromatic hydroxyl groups is 1. The molecule has 3 aromatic heterocycles. The molecule has 1 fully saturated rings. The summed E-state index contributed by atoms with van der Waals surface area (Å²) < 4.78 is 13.6. The number of pyridine rings is 1. The molecule has 0 amide bonds. The number of hydrogen-bond acceptors (Lipinski definition) is 7. The van der Waals surface area contributed by atoms with Gasteiger partial charge in [-0.1, -0.05) is 18.2 Å². The minimum atomic E-state index is -0.130. The van der Waals surface area contributed by atoms with E-state index in [2.05, 4.69) is 11.1 Å². The summed E-state index contributed by atoms with van der Waals surface area (Å²) in [5.41, 5.74) is 1.95. The summed E-state index contributed by atoms with van der Waals surface area (Å²) in [7, 11) is 1.66. The number of aromatic nitrogens is 3. The van der Waals surface area contributed by atoms with Gasteiger partial charge >= 0.3 is 0 Å². The van der Waals surface area contributed by atoms with E-state index in [1.165, 1.54) is 11.3 Å². The summed E-state index contributed by atoms with van der Waals surface area (Å²) in [6, 6.07) is 14.8. The second-order valence-electron chi connectivity index (χ2n) is 8.98. The molecule has 6 rings (SSSR count). The third-order valence-electron chi connectivity index (χ3n) is 6.57. The van der Waals surface area contributed by atoms with Crippen LogP contribution >= 0.6 is 11.3 Å². The molecule has 3 heterocycles. The maximum absolute atomic E-state index is 14.0. The molecule has 0 bridgehead atoms. The third-order valence-corrected chi connectivity index (χ3v) is 7.69. The lowest BCUT2D eigenvalue weighted by Crippen LogP contribution is -2.23. The van der Waals surface area contributed by atoms with E-state index in [1.54, 1.807) is 48.3 Å². The molecule has 5 aromatic rings. The Bertz CT molecular complexity index is 1690. The zero-order valence-corrected chi connectivity index (χ0v) is 21.1. The molecule has 0 unspecified atom stereocenters. The zero-order valence-electron chi connectivity index (χ0n) is 20.3. The number of allylic oxidation sites excluding steroid dienone is 1. The molecule has 186 valence electrons. The highest BCUT2D eigenvalue weighted by Crippen LogP contribution is 2.46. The number of thiophene rings is 1. The normalized spacial score (nSPS) is 13.5. The molecule has 0 atom stereocenters. The van der Waals surface area contributed by atoms with Gasteiger partial charge in [0.15, 0.2) is 0 Å². The fraction of sp³-hybridized carbons (Fsp3) is 0.207. The van der Waals surface area contributed by atoms with Crippen molar-refractivity contribution in [3.63, 3.8) is 0 Å². The number of benzene rings is 2. The maximum Gasteiger partial charge on any atom is 0.263 e. The molecular formula is C29H25N3O4S. The standard InChI is InChI=1S/C29H25N3O4S/c1-35-20-9-10-21(23(17-20)18-7-8-18)27-31-28-25(22-5-4-6-24(33)26(22)37-28)29(34)32(27)15-2-3-16-36-19-11-13-30-14-12-19/h2-6,9-14,17-18,33H,7-8,15-16H2,1H3/b3-2+. The monoisotopic (exact) mass is 511 g/mol. The summed E-state index contributed by atoms with van der Waals surface area (Å²) in [6.45, 7) is 0.706.